The Morgan fingerprint density at radius 3 is 1.57 bits per heavy atom. The topological polar surface area (TPSA) is 62.5 Å². The summed E-state index contributed by atoms with van der Waals surface area (Å²) in [7, 11) is 0. The number of hydrogen-bond donors (Lipinski definition) is 0. The zero-order valence-corrected chi connectivity index (χ0v) is 23.9. The highest BCUT2D eigenvalue weighted by Gasteiger charge is 2.19. The van der Waals surface area contributed by atoms with E-state index in [9.17, 15) is 5.26 Å². The Hall–Kier alpha value is -6.18. The van der Waals surface area contributed by atoms with Crippen molar-refractivity contribution in [3.63, 3.8) is 0 Å². The third kappa shape index (κ3) is 4.73. The van der Waals surface area contributed by atoms with Gasteiger partial charge in [-0.15, -0.1) is 0 Å². The molecule has 0 aliphatic rings. The van der Waals surface area contributed by atoms with Crippen LogP contribution in [0.5, 0.6) is 0 Å². The molecule has 7 aromatic rings. The molecule has 0 unspecified atom stereocenters. The molecule has 0 atom stereocenters. The Balaban J connectivity index is 1.57. The van der Waals surface area contributed by atoms with Gasteiger partial charge in [-0.3, -0.25) is 0 Å². The van der Waals surface area contributed by atoms with E-state index >= 15 is 0 Å². The molecule has 0 N–H and O–H groups in total. The number of aromatic nitrogens is 3. The van der Waals surface area contributed by atoms with Gasteiger partial charge < -0.3 is 0 Å². The minimum atomic E-state index is 0.547. The van der Waals surface area contributed by atoms with Gasteiger partial charge in [-0.2, -0.15) is 5.26 Å². The molecule has 0 amide bonds. The molecule has 0 spiro atoms. The van der Waals surface area contributed by atoms with Crippen molar-refractivity contribution in [2.45, 2.75) is 0 Å². The van der Waals surface area contributed by atoms with Crippen LogP contribution in [0.1, 0.15) is 17.0 Å². The molecule has 7 rings (SSSR count). The maximum absolute atomic E-state index is 9.65. The van der Waals surface area contributed by atoms with Gasteiger partial charge in [0.15, 0.2) is 0 Å². The van der Waals surface area contributed by atoms with Gasteiger partial charge in [0.25, 0.3) is 0 Å². The number of rotatable bonds is 6. The van der Waals surface area contributed by atoms with Crippen LogP contribution in [0.15, 0.2) is 134 Å². The van der Waals surface area contributed by atoms with Gasteiger partial charge in [-0.25, -0.2) is 15.0 Å². The lowest BCUT2D eigenvalue weighted by molar-refractivity contribution is 1.17. The second-order valence-corrected chi connectivity index (χ2v) is 10.5. The van der Waals surface area contributed by atoms with E-state index < -0.39 is 0 Å². The Labute approximate surface area is 256 Å². The average Bonchev–Trinajstić information content (AvgIpc) is 3.10. The van der Waals surface area contributed by atoms with Gasteiger partial charge in [-0.05, 0) is 58.0 Å². The summed E-state index contributed by atoms with van der Waals surface area (Å²) in [5.74, 6) is 0. The average molecular weight is 563 g/mol. The van der Waals surface area contributed by atoms with Crippen molar-refractivity contribution in [3.05, 3.63) is 151 Å². The first-order valence-corrected chi connectivity index (χ1v) is 14.3. The summed E-state index contributed by atoms with van der Waals surface area (Å²) in [5.41, 5.74) is 8.48. The molecule has 0 radical (unpaired) electrons. The molecule has 0 bridgehead atoms. The number of pyridine rings is 1. The fraction of sp³-hybridized carbons (Fsp3) is 0. The van der Waals surface area contributed by atoms with Crippen LogP contribution in [0, 0.1) is 11.3 Å². The second-order valence-electron chi connectivity index (χ2n) is 10.5. The van der Waals surface area contributed by atoms with Crippen LogP contribution in [-0.4, -0.2) is 15.0 Å². The molecule has 0 aliphatic carbocycles. The third-order valence-electron chi connectivity index (χ3n) is 7.83. The summed E-state index contributed by atoms with van der Waals surface area (Å²) in [4.78, 5) is 15.4. The van der Waals surface area contributed by atoms with Crippen molar-refractivity contribution in [1.82, 2.24) is 15.0 Å². The van der Waals surface area contributed by atoms with Crippen LogP contribution in [0.4, 0.5) is 0 Å². The third-order valence-corrected chi connectivity index (χ3v) is 7.83. The predicted molar refractivity (Wildman–Crippen MR) is 181 cm³/mol. The first-order chi connectivity index (χ1) is 21.7. The van der Waals surface area contributed by atoms with Gasteiger partial charge in [0, 0.05) is 22.3 Å². The molecule has 4 heteroatoms. The summed E-state index contributed by atoms with van der Waals surface area (Å²) in [6.07, 6.45) is 3.38. The van der Waals surface area contributed by atoms with Crippen LogP contribution in [0.2, 0.25) is 0 Å². The molecule has 0 saturated carbocycles. The molecule has 0 aliphatic heterocycles. The largest absolute Gasteiger partial charge is 0.248 e. The van der Waals surface area contributed by atoms with Crippen molar-refractivity contribution in [2.75, 3.05) is 0 Å². The Morgan fingerprint density at radius 1 is 0.523 bits per heavy atom. The van der Waals surface area contributed by atoms with Crippen molar-refractivity contribution < 1.29 is 0 Å². The zero-order chi connectivity index (χ0) is 30.0. The van der Waals surface area contributed by atoms with E-state index in [1.807, 2.05) is 30.3 Å². The minimum absolute atomic E-state index is 0.547. The van der Waals surface area contributed by atoms with Crippen molar-refractivity contribution in [2.24, 2.45) is 0 Å². The quantitative estimate of drug-likeness (QED) is 0.202. The number of benzene rings is 5. The molecule has 0 fully saturated rings. The van der Waals surface area contributed by atoms with Crippen LogP contribution in [-0.2, 0) is 0 Å². The zero-order valence-electron chi connectivity index (χ0n) is 23.9. The fourth-order valence-electron chi connectivity index (χ4n) is 5.74. The summed E-state index contributed by atoms with van der Waals surface area (Å²) in [6, 6.07) is 43.1. The molecular weight excluding hydrogens is 536 g/mol. The van der Waals surface area contributed by atoms with Crippen LogP contribution < -0.4 is 0 Å². The standard InChI is InChI=1S/C40H26N4/c1-3-35-36(4-2)44-40(39(43-35)29-17-9-12-26(22-29)25-41)30-23-37(33-20-10-15-27-13-5-7-18-31(27)33)42-38(24-30)34-21-11-16-28-14-6-8-19-32(28)34/h3-24H,1-2H2. The molecule has 44 heavy (non-hydrogen) atoms. The summed E-state index contributed by atoms with van der Waals surface area (Å²) >= 11 is 0. The minimum Gasteiger partial charge on any atom is -0.248 e. The van der Waals surface area contributed by atoms with E-state index in [-0.39, 0.29) is 0 Å². The normalized spacial score (nSPS) is 10.9. The number of nitriles is 1. The highest BCUT2D eigenvalue weighted by atomic mass is 14.8. The summed E-state index contributed by atoms with van der Waals surface area (Å²) < 4.78 is 0. The van der Waals surface area contributed by atoms with Crippen LogP contribution >= 0.6 is 0 Å². The lowest BCUT2D eigenvalue weighted by Crippen LogP contribution is -2.01. The van der Waals surface area contributed by atoms with Gasteiger partial charge in [0.05, 0.1) is 45.8 Å². The Bertz CT molecular complexity index is 2180. The monoisotopic (exact) mass is 562 g/mol. The lowest BCUT2D eigenvalue weighted by Gasteiger charge is -2.16. The summed E-state index contributed by atoms with van der Waals surface area (Å²) in [5, 5.41) is 14.2. The Morgan fingerprint density at radius 2 is 1.02 bits per heavy atom. The molecule has 2 heterocycles. The second kappa shape index (κ2) is 11.2. The highest BCUT2D eigenvalue weighted by Crippen LogP contribution is 2.38. The van der Waals surface area contributed by atoms with Crippen molar-refractivity contribution in [1.29, 1.82) is 5.26 Å². The first kappa shape index (κ1) is 26.7. The first-order valence-electron chi connectivity index (χ1n) is 14.3. The molecule has 206 valence electrons. The number of hydrogen-bond acceptors (Lipinski definition) is 4. The molecule has 0 saturated heterocycles. The van der Waals surface area contributed by atoms with Gasteiger partial charge in [0.1, 0.15) is 0 Å². The summed E-state index contributed by atoms with van der Waals surface area (Å²) in [6.45, 7) is 7.96. The van der Waals surface area contributed by atoms with Gasteiger partial charge in [0.2, 0.25) is 0 Å². The van der Waals surface area contributed by atoms with E-state index in [2.05, 4.69) is 104 Å². The molecule has 5 aromatic carbocycles. The van der Waals surface area contributed by atoms with E-state index in [1.165, 1.54) is 0 Å². The van der Waals surface area contributed by atoms with Crippen LogP contribution in [0.3, 0.4) is 0 Å². The van der Waals surface area contributed by atoms with E-state index in [1.54, 1.807) is 18.2 Å². The molecular formula is C40H26N4. The number of nitrogens with zero attached hydrogens (tertiary/aromatic N) is 4. The molecule has 4 nitrogen and oxygen atoms in total. The van der Waals surface area contributed by atoms with Crippen LogP contribution in [0.25, 0.3) is 78.7 Å². The fourth-order valence-corrected chi connectivity index (χ4v) is 5.74. The maximum Gasteiger partial charge on any atom is 0.0991 e. The lowest BCUT2D eigenvalue weighted by atomic mass is 9.95. The van der Waals surface area contributed by atoms with E-state index in [0.717, 1.165) is 55.2 Å². The molecule has 2 aromatic heterocycles. The van der Waals surface area contributed by atoms with Gasteiger partial charge in [-0.1, -0.05) is 110 Å². The SMILES string of the molecule is C=Cc1nc(-c2cccc(C#N)c2)c(-c2cc(-c3cccc4ccccc34)nc(-c3cccc4ccccc34)c2)nc1C=C. The van der Waals surface area contributed by atoms with Crippen molar-refractivity contribution >= 4 is 33.7 Å². The predicted octanol–water partition coefficient (Wildman–Crippen LogP) is 10.0. The van der Waals surface area contributed by atoms with E-state index in [4.69, 9.17) is 15.0 Å². The maximum atomic E-state index is 9.65. The van der Waals surface area contributed by atoms with Gasteiger partial charge >= 0.3 is 0 Å². The van der Waals surface area contributed by atoms with Crippen molar-refractivity contribution in [3.8, 4) is 51.1 Å². The Kier molecular flexibility index (Phi) is 6.82. The smallest absolute Gasteiger partial charge is 0.0991 e. The number of fused-ring (bicyclic) bond motifs is 2. The highest BCUT2D eigenvalue weighted by molar-refractivity contribution is 5.99. The van der Waals surface area contributed by atoms with E-state index in [0.29, 0.717) is 28.3 Å².